The number of halogens is 3. The molecule has 1 heterocycles. The summed E-state index contributed by atoms with van der Waals surface area (Å²) < 4.78 is 37.4. The van der Waals surface area contributed by atoms with Crippen LogP contribution in [0.5, 0.6) is 0 Å². The van der Waals surface area contributed by atoms with E-state index in [0.717, 1.165) is 38.1 Å². The summed E-state index contributed by atoms with van der Waals surface area (Å²) in [5, 5.41) is 0. The van der Waals surface area contributed by atoms with Crippen LogP contribution in [0.4, 0.5) is 13.2 Å². The summed E-state index contributed by atoms with van der Waals surface area (Å²) in [4.78, 5) is 10.0. The first-order chi connectivity index (χ1) is 10.9. The lowest BCUT2D eigenvalue weighted by Crippen LogP contribution is -2.41. The van der Waals surface area contributed by atoms with Crippen LogP contribution >= 0.6 is 0 Å². The smallest absolute Gasteiger partial charge is 0.369 e. The van der Waals surface area contributed by atoms with Crippen molar-refractivity contribution in [3.8, 4) is 0 Å². The Bertz CT molecular complexity index is 572. The average molecular weight is 327 g/mol. The molecule has 8 heteroatoms. The van der Waals surface area contributed by atoms with Gasteiger partial charge in [0, 0.05) is 13.1 Å². The van der Waals surface area contributed by atoms with Gasteiger partial charge in [0.1, 0.15) is 0 Å². The first kappa shape index (κ1) is 17.1. The zero-order chi connectivity index (χ0) is 16.9. The summed E-state index contributed by atoms with van der Waals surface area (Å²) in [6.45, 7) is 1.85. The normalized spacial score (nSPS) is 17.4. The van der Waals surface area contributed by atoms with Crippen molar-refractivity contribution in [2.75, 3.05) is 13.1 Å². The average Bonchev–Trinajstić information content (AvgIpc) is 2.53. The van der Waals surface area contributed by atoms with Crippen molar-refractivity contribution < 1.29 is 13.2 Å². The van der Waals surface area contributed by atoms with E-state index < -0.39 is 11.7 Å². The second-order valence-electron chi connectivity index (χ2n) is 5.39. The number of nitrogens with zero attached hydrogens (tertiary/aromatic N) is 3. The number of piperidine rings is 1. The van der Waals surface area contributed by atoms with Gasteiger partial charge in [0.2, 0.25) is 5.96 Å². The van der Waals surface area contributed by atoms with Crippen LogP contribution in [0.1, 0.15) is 30.4 Å². The minimum absolute atomic E-state index is 0.0213. The summed E-state index contributed by atoms with van der Waals surface area (Å²) in [5.74, 6) is 0.353. The number of likely N-dealkylation sites (tertiary alicyclic amines) is 1. The number of alkyl halides is 3. The Hall–Kier alpha value is -2.25. The van der Waals surface area contributed by atoms with Crippen molar-refractivity contribution in [1.82, 2.24) is 4.90 Å². The number of aliphatic imine (C=N–C) groups is 2. The summed E-state index contributed by atoms with van der Waals surface area (Å²) in [6.07, 6.45) is -1.02. The van der Waals surface area contributed by atoms with Crippen LogP contribution < -0.4 is 11.5 Å². The van der Waals surface area contributed by atoms with Gasteiger partial charge >= 0.3 is 6.18 Å². The van der Waals surface area contributed by atoms with E-state index in [2.05, 4.69) is 9.98 Å². The number of benzene rings is 1. The van der Waals surface area contributed by atoms with Gasteiger partial charge in [-0.3, -0.25) is 0 Å². The monoisotopic (exact) mass is 327 g/mol. The Morgan fingerprint density at radius 1 is 1.04 bits per heavy atom. The van der Waals surface area contributed by atoms with Gasteiger partial charge in [-0.1, -0.05) is 12.1 Å². The van der Waals surface area contributed by atoms with Crippen molar-refractivity contribution >= 4 is 11.9 Å². The van der Waals surface area contributed by atoms with Gasteiger partial charge in [0.15, 0.2) is 5.96 Å². The molecule has 0 aromatic heterocycles. The lowest BCUT2D eigenvalue weighted by molar-refractivity contribution is -0.137. The number of guanidine groups is 2. The molecule has 1 aliphatic heterocycles. The molecule has 0 aliphatic carbocycles. The highest BCUT2D eigenvalue weighted by Gasteiger charge is 2.29. The Balaban J connectivity index is 1.96. The molecule has 0 saturated carbocycles. The van der Waals surface area contributed by atoms with Crippen molar-refractivity contribution in [3.05, 3.63) is 35.4 Å². The summed E-state index contributed by atoms with van der Waals surface area (Å²) in [6, 6.07) is 4.79. The maximum Gasteiger partial charge on any atom is 0.416 e. The summed E-state index contributed by atoms with van der Waals surface area (Å²) in [5.41, 5.74) is 11.5. The molecule has 4 N–H and O–H groups in total. The van der Waals surface area contributed by atoms with Crippen LogP contribution in [0.3, 0.4) is 0 Å². The third-order valence-corrected chi connectivity index (χ3v) is 3.61. The molecule has 23 heavy (non-hydrogen) atoms. The van der Waals surface area contributed by atoms with E-state index in [0.29, 0.717) is 11.5 Å². The van der Waals surface area contributed by atoms with E-state index in [9.17, 15) is 13.2 Å². The number of hydrogen-bond acceptors (Lipinski definition) is 1. The highest BCUT2D eigenvalue weighted by atomic mass is 19.4. The van der Waals surface area contributed by atoms with E-state index in [1.165, 1.54) is 18.6 Å². The molecule has 0 spiro atoms. The van der Waals surface area contributed by atoms with E-state index in [4.69, 9.17) is 11.5 Å². The van der Waals surface area contributed by atoms with E-state index >= 15 is 0 Å². The molecule has 5 nitrogen and oxygen atoms in total. The zero-order valence-electron chi connectivity index (χ0n) is 12.7. The first-order valence-corrected chi connectivity index (χ1v) is 7.41. The van der Waals surface area contributed by atoms with Crippen LogP contribution in [0.2, 0.25) is 0 Å². The Morgan fingerprint density at radius 2 is 1.65 bits per heavy atom. The first-order valence-electron chi connectivity index (χ1n) is 7.41. The van der Waals surface area contributed by atoms with Crippen LogP contribution in [-0.2, 0) is 12.7 Å². The topological polar surface area (TPSA) is 80.0 Å². The Morgan fingerprint density at radius 3 is 2.22 bits per heavy atom. The molecule has 0 bridgehead atoms. The highest BCUT2D eigenvalue weighted by molar-refractivity contribution is 5.93. The minimum Gasteiger partial charge on any atom is -0.369 e. The van der Waals surface area contributed by atoms with Crippen molar-refractivity contribution in [2.24, 2.45) is 21.5 Å². The van der Waals surface area contributed by atoms with Crippen LogP contribution in [-0.4, -0.2) is 29.9 Å². The number of hydrogen-bond donors (Lipinski definition) is 2. The highest BCUT2D eigenvalue weighted by Crippen LogP contribution is 2.29. The fourth-order valence-electron chi connectivity index (χ4n) is 2.32. The molecular weight excluding hydrogens is 307 g/mol. The quantitative estimate of drug-likeness (QED) is 0.646. The van der Waals surface area contributed by atoms with Gasteiger partial charge in [0.05, 0.1) is 12.1 Å². The third kappa shape index (κ3) is 5.15. The third-order valence-electron chi connectivity index (χ3n) is 3.61. The van der Waals surface area contributed by atoms with Gasteiger partial charge in [-0.25, -0.2) is 4.99 Å². The van der Waals surface area contributed by atoms with E-state index in [-0.39, 0.29) is 12.5 Å². The van der Waals surface area contributed by atoms with Gasteiger partial charge in [0.25, 0.3) is 0 Å². The minimum atomic E-state index is -4.34. The van der Waals surface area contributed by atoms with E-state index in [1.807, 2.05) is 4.90 Å². The second-order valence-corrected chi connectivity index (χ2v) is 5.39. The maximum absolute atomic E-state index is 12.5. The molecule has 126 valence electrons. The Labute approximate surface area is 132 Å². The zero-order valence-corrected chi connectivity index (χ0v) is 12.7. The predicted octanol–water partition coefficient (Wildman–Crippen LogP) is 2.32. The molecule has 0 unspecified atom stereocenters. The van der Waals surface area contributed by atoms with Crippen LogP contribution in [0.15, 0.2) is 34.3 Å². The van der Waals surface area contributed by atoms with Gasteiger partial charge in [-0.15, -0.1) is 0 Å². The Kier molecular flexibility index (Phi) is 5.46. The fraction of sp³-hybridized carbons (Fsp3) is 0.467. The largest absolute Gasteiger partial charge is 0.416 e. The van der Waals surface area contributed by atoms with Gasteiger partial charge in [-0.2, -0.15) is 18.2 Å². The van der Waals surface area contributed by atoms with Crippen molar-refractivity contribution in [3.63, 3.8) is 0 Å². The number of nitrogens with two attached hydrogens (primary N) is 2. The second kappa shape index (κ2) is 7.34. The molecule has 1 saturated heterocycles. The predicted molar refractivity (Wildman–Crippen MR) is 83.8 cm³/mol. The molecule has 2 rings (SSSR count). The van der Waals surface area contributed by atoms with Crippen LogP contribution in [0, 0.1) is 0 Å². The van der Waals surface area contributed by atoms with E-state index in [1.54, 1.807) is 0 Å². The maximum atomic E-state index is 12.5. The fourth-order valence-corrected chi connectivity index (χ4v) is 2.32. The van der Waals surface area contributed by atoms with Gasteiger partial charge < -0.3 is 16.4 Å². The molecule has 1 fully saturated rings. The molecule has 0 radical (unpaired) electrons. The molecule has 0 atom stereocenters. The number of rotatable bonds is 2. The molecule has 1 aromatic rings. The summed E-state index contributed by atoms with van der Waals surface area (Å²) >= 11 is 0. The SMILES string of the molecule is NC(=NCc1ccc(C(F)(F)F)cc1)/N=C(\N)N1CCCCC1. The lowest BCUT2D eigenvalue weighted by atomic mass is 10.1. The van der Waals surface area contributed by atoms with Gasteiger partial charge in [-0.05, 0) is 37.0 Å². The molecular formula is C15H20F3N5. The summed E-state index contributed by atoms with van der Waals surface area (Å²) in [7, 11) is 0. The van der Waals surface area contributed by atoms with Crippen LogP contribution in [0.25, 0.3) is 0 Å². The molecule has 1 aromatic carbocycles. The standard InChI is InChI=1S/C15H20F3N5/c16-15(17,18)12-6-4-11(5-7-12)10-21-13(19)22-14(20)23-8-2-1-3-9-23/h4-7H,1-3,8-10H2,(H4,19,20,21,22). The van der Waals surface area contributed by atoms with Crippen molar-refractivity contribution in [2.45, 2.75) is 32.0 Å². The van der Waals surface area contributed by atoms with Crippen molar-refractivity contribution in [1.29, 1.82) is 0 Å². The molecule has 1 aliphatic rings. The lowest BCUT2D eigenvalue weighted by Gasteiger charge is -2.27. The molecule has 0 amide bonds.